The average molecular weight is 587 g/mol. The lowest BCUT2D eigenvalue weighted by molar-refractivity contribution is -0.887. The molecule has 0 radical (unpaired) electrons. The number of likely N-dealkylation sites (N-methyl/N-ethyl adjacent to an activating group) is 1. The van der Waals surface area contributed by atoms with E-state index in [1.54, 1.807) is 0 Å². The first-order valence-corrected chi connectivity index (χ1v) is 16.6. The van der Waals surface area contributed by atoms with Gasteiger partial charge in [-0.25, -0.2) is 4.79 Å². The Kier molecular flexibility index (Phi) is 24.9. The SMILES string of the molecule is CCCCCCCCCCCC(=O)OC(COCCC(C(=O)O)[N+](C)(C)C)COC(=O)CCCCCCCCCC. The fourth-order valence-corrected chi connectivity index (χ4v) is 4.85. The lowest BCUT2D eigenvalue weighted by atomic mass is 10.1. The lowest BCUT2D eigenvalue weighted by Crippen LogP contribution is -2.50. The molecule has 242 valence electrons. The zero-order chi connectivity index (χ0) is 30.8. The minimum Gasteiger partial charge on any atom is -0.477 e. The van der Waals surface area contributed by atoms with Gasteiger partial charge in [0.25, 0.3) is 0 Å². The molecule has 8 heteroatoms. The summed E-state index contributed by atoms with van der Waals surface area (Å²) in [5.41, 5.74) is 0. The summed E-state index contributed by atoms with van der Waals surface area (Å²) in [6, 6.07) is -0.605. The number of carboxylic acid groups (broad SMARTS) is 1. The number of quaternary nitrogens is 1. The van der Waals surface area contributed by atoms with E-state index in [1.807, 2.05) is 21.1 Å². The van der Waals surface area contributed by atoms with E-state index >= 15 is 0 Å². The van der Waals surface area contributed by atoms with Gasteiger partial charge in [-0.2, -0.15) is 0 Å². The molecule has 0 aromatic carbocycles. The molecule has 0 rings (SSSR count). The Hall–Kier alpha value is -1.67. The van der Waals surface area contributed by atoms with E-state index in [1.165, 1.54) is 70.6 Å². The van der Waals surface area contributed by atoms with Crippen LogP contribution in [0.25, 0.3) is 0 Å². The summed E-state index contributed by atoms with van der Waals surface area (Å²) in [7, 11) is 5.51. The second-order valence-corrected chi connectivity index (χ2v) is 12.4. The quantitative estimate of drug-likeness (QED) is 0.0552. The predicted octanol–water partition coefficient (Wildman–Crippen LogP) is 7.46. The molecule has 0 fully saturated rings. The van der Waals surface area contributed by atoms with E-state index in [0.29, 0.717) is 19.3 Å². The van der Waals surface area contributed by atoms with Gasteiger partial charge in [-0.3, -0.25) is 9.59 Å². The maximum Gasteiger partial charge on any atom is 0.362 e. The minimum absolute atomic E-state index is 0.0446. The number of carbonyl (C=O) groups excluding carboxylic acids is 2. The summed E-state index contributed by atoms with van der Waals surface area (Å²) in [6.45, 7) is 4.67. The molecule has 0 saturated heterocycles. The molecular weight excluding hydrogens is 522 g/mol. The first-order valence-electron chi connectivity index (χ1n) is 16.6. The molecule has 8 nitrogen and oxygen atoms in total. The molecule has 0 heterocycles. The number of carbonyl (C=O) groups is 3. The van der Waals surface area contributed by atoms with Crippen LogP contribution in [0.15, 0.2) is 0 Å². The molecule has 0 aromatic rings. The van der Waals surface area contributed by atoms with E-state index in [0.717, 1.165) is 38.5 Å². The van der Waals surface area contributed by atoms with Crippen LogP contribution in [0.5, 0.6) is 0 Å². The fraction of sp³-hybridized carbons (Fsp3) is 0.909. The first-order chi connectivity index (χ1) is 19.6. The van der Waals surface area contributed by atoms with Gasteiger partial charge in [0.2, 0.25) is 0 Å². The predicted molar refractivity (Wildman–Crippen MR) is 165 cm³/mol. The molecule has 41 heavy (non-hydrogen) atoms. The van der Waals surface area contributed by atoms with Gasteiger partial charge < -0.3 is 23.8 Å². The highest BCUT2D eigenvalue weighted by atomic mass is 16.6. The molecule has 1 N–H and O–H groups in total. The molecule has 0 aliphatic rings. The van der Waals surface area contributed by atoms with Crippen molar-refractivity contribution in [1.29, 1.82) is 0 Å². The minimum atomic E-state index is -0.875. The van der Waals surface area contributed by atoms with Gasteiger partial charge in [0, 0.05) is 19.3 Å². The Morgan fingerprint density at radius 3 is 1.51 bits per heavy atom. The number of hydrogen-bond donors (Lipinski definition) is 1. The normalized spacial score (nSPS) is 13.1. The van der Waals surface area contributed by atoms with Crippen molar-refractivity contribution in [3.8, 4) is 0 Å². The highest BCUT2D eigenvalue weighted by Gasteiger charge is 2.31. The summed E-state index contributed by atoms with van der Waals surface area (Å²) >= 11 is 0. The van der Waals surface area contributed by atoms with E-state index in [4.69, 9.17) is 14.2 Å². The van der Waals surface area contributed by atoms with Crippen LogP contribution in [0.2, 0.25) is 0 Å². The summed E-state index contributed by atoms with van der Waals surface area (Å²) in [5, 5.41) is 9.52. The van der Waals surface area contributed by atoms with Crippen LogP contribution in [-0.2, 0) is 28.6 Å². The summed E-state index contributed by atoms with van der Waals surface area (Å²) in [4.78, 5) is 36.4. The first kappa shape index (κ1) is 39.3. The highest BCUT2D eigenvalue weighted by Crippen LogP contribution is 2.13. The molecule has 0 amide bonds. The Labute approximate surface area is 251 Å². The van der Waals surface area contributed by atoms with Crippen molar-refractivity contribution < 1.29 is 38.2 Å². The van der Waals surface area contributed by atoms with Crippen LogP contribution in [0.3, 0.4) is 0 Å². The lowest BCUT2D eigenvalue weighted by Gasteiger charge is -2.31. The van der Waals surface area contributed by atoms with Crippen molar-refractivity contribution in [1.82, 2.24) is 0 Å². The van der Waals surface area contributed by atoms with E-state index in [9.17, 15) is 19.5 Å². The Balaban J connectivity index is 4.49. The number of hydrogen-bond acceptors (Lipinski definition) is 6. The topological polar surface area (TPSA) is 99.1 Å². The largest absolute Gasteiger partial charge is 0.477 e. The van der Waals surface area contributed by atoms with E-state index < -0.39 is 18.1 Å². The van der Waals surface area contributed by atoms with Gasteiger partial charge in [0.15, 0.2) is 12.1 Å². The van der Waals surface area contributed by atoms with Gasteiger partial charge in [0.1, 0.15) is 6.61 Å². The number of carboxylic acids is 1. The number of aliphatic carboxylic acids is 1. The fourth-order valence-electron chi connectivity index (χ4n) is 4.85. The third kappa shape index (κ3) is 24.6. The van der Waals surface area contributed by atoms with Gasteiger partial charge in [-0.1, -0.05) is 110 Å². The molecule has 0 bridgehead atoms. The molecule has 2 unspecified atom stereocenters. The number of unbranched alkanes of at least 4 members (excludes halogenated alkanes) is 15. The number of rotatable bonds is 29. The molecular formula is C33H64NO7+. The van der Waals surface area contributed by atoms with Crippen molar-refractivity contribution in [3.63, 3.8) is 0 Å². The highest BCUT2D eigenvalue weighted by molar-refractivity contribution is 5.72. The van der Waals surface area contributed by atoms with Crippen molar-refractivity contribution in [2.45, 2.75) is 154 Å². The van der Waals surface area contributed by atoms with Gasteiger partial charge >= 0.3 is 17.9 Å². The average Bonchev–Trinajstić information content (AvgIpc) is 2.91. The zero-order valence-electron chi connectivity index (χ0n) is 27.3. The maximum atomic E-state index is 12.5. The Morgan fingerprint density at radius 1 is 0.634 bits per heavy atom. The molecule has 0 spiro atoms. The number of esters is 2. The zero-order valence-corrected chi connectivity index (χ0v) is 27.3. The van der Waals surface area contributed by atoms with Crippen molar-refractivity contribution in [2.24, 2.45) is 0 Å². The summed E-state index contributed by atoms with van der Waals surface area (Å²) < 4.78 is 17.1. The van der Waals surface area contributed by atoms with Crippen molar-refractivity contribution >= 4 is 17.9 Å². The molecule has 0 aliphatic heterocycles. The molecule has 0 aromatic heterocycles. The molecule has 0 saturated carbocycles. The molecule has 2 atom stereocenters. The third-order valence-corrected chi connectivity index (χ3v) is 7.51. The van der Waals surface area contributed by atoms with Gasteiger partial charge in [0.05, 0.1) is 34.4 Å². The van der Waals surface area contributed by atoms with Crippen LogP contribution in [-0.4, -0.2) is 80.6 Å². The molecule has 0 aliphatic carbocycles. The Bertz CT molecular complexity index is 662. The standard InChI is InChI=1S/C33H63NO7/c1-6-8-10-12-14-16-18-20-22-24-32(36)41-29(27-39-26-25-30(33(37)38)34(3,4)5)28-40-31(35)23-21-19-17-15-13-11-9-7-2/h29-30H,6-28H2,1-5H3/p+1. The number of nitrogens with zero attached hydrogens (tertiary/aromatic N) is 1. The smallest absolute Gasteiger partial charge is 0.362 e. The monoisotopic (exact) mass is 586 g/mol. The van der Waals surface area contributed by atoms with Crippen LogP contribution < -0.4 is 0 Å². The Morgan fingerprint density at radius 2 is 1.07 bits per heavy atom. The summed E-state index contributed by atoms with van der Waals surface area (Å²) in [6.07, 6.45) is 20.1. The van der Waals surface area contributed by atoms with Crippen molar-refractivity contribution in [3.05, 3.63) is 0 Å². The van der Waals surface area contributed by atoms with E-state index in [2.05, 4.69) is 13.8 Å². The van der Waals surface area contributed by atoms with Crippen LogP contribution >= 0.6 is 0 Å². The maximum absolute atomic E-state index is 12.5. The summed E-state index contributed by atoms with van der Waals surface area (Å²) in [5.74, 6) is -1.47. The van der Waals surface area contributed by atoms with Crippen LogP contribution in [0, 0.1) is 0 Å². The second-order valence-electron chi connectivity index (χ2n) is 12.4. The van der Waals surface area contributed by atoms with Crippen LogP contribution in [0.1, 0.15) is 142 Å². The third-order valence-electron chi connectivity index (χ3n) is 7.51. The van der Waals surface area contributed by atoms with Gasteiger partial charge in [-0.15, -0.1) is 0 Å². The van der Waals surface area contributed by atoms with Crippen molar-refractivity contribution in [2.75, 3.05) is 41.0 Å². The number of ether oxygens (including phenoxy) is 3. The van der Waals surface area contributed by atoms with Crippen LogP contribution in [0.4, 0.5) is 0 Å². The second kappa shape index (κ2) is 26.0. The van der Waals surface area contributed by atoms with Gasteiger partial charge in [-0.05, 0) is 12.8 Å². The van der Waals surface area contributed by atoms with E-state index in [-0.39, 0.29) is 36.2 Å².